The summed E-state index contributed by atoms with van der Waals surface area (Å²) in [7, 11) is 3.33. The maximum atomic E-state index is 12.7. The molecule has 0 spiro atoms. The highest BCUT2D eigenvalue weighted by atomic mass is 79.9. The molecule has 0 saturated heterocycles. The molecular weight excluding hydrogens is 424 g/mol. The molecule has 0 aromatic heterocycles. The molecule has 0 fully saturated rings. The maximum Gasteiger partial charge on any atom is 0.260 e. The minimum Gasteiger partial charge on any atom is -0.496 e. The van der Waals surface area contributed by atoms with Crippen LogP contribution in [0, 0.1) is 11.3 Å². The van der Waals surface area contributed by atoms with E-state index < -0.39 is 0 Å². The molecule has 2 aromatic carbocycles. The summed E-state index contributed by atoms with van der Waals surface area (Å²) in [5.41, 5.74) is 1.35. The van der Waals surface area contributed by atoms with Gasteiger partial charge in [-0.1, -0.05) is 18.2 Å². The molecule has 0 aliphatic rings. The highest BCUT2D eigenvalue weighted by molar-refractivity contribution is 9.10. The first-order chi connectivity index (χ1) is 13.4. The van der Waals surface area contributed by atoms with Gasteiger partial charge in [0.1, 0.15) is 5.75 Å². The maximum absolute atomic E-state index is 12.7. The van der Waals surface area contributed by atoms with E-state index in [-0.39, 0.29) is 18.6 Å². The first kappa shape index (κ1) is 21.6. The van der Waals surface area contributed by atoms with Crippen LogP contribution in [0.2, 0.25) is 0 Å². The van der Waals surface area contributed by atoms with Crippen LogP contribution >= 0.6 is 15.9 Å². The van der Waals surface area contributed by atoms with Gasteiger partial charge in [0, 0.05) is 18.7 Å². The molecule has 0 aliphatic carbocycles. The predicted octanol–water partition coefficient (Wildman–Crippen LogP) is 4.33. The number of methoxy groups -OCH3 is 1. The summed E-state index contributed by atoms with van der Waals surface area (Å²) < 4.78 is 17.2. The van der Waals surface area contributed by atoms with Crippen molar-refractivity contribution in [2.45, 2.75) is 19.9 Å². The topological polar surface area (TPSA) is 71.8 Å². The zero-order chi connectivity index (χ0) is 20.7. The van der Waals surface area contributed by atoms with E-state index in [0.717, 1.165) is 11.3 Å². The van der Waals surface area contributed by atoms with Gasteiger partial charge in [-0.2, -0.15) is 5.26 Å². The number of carbonyl (C=O) groups excluding carboxylic acids is 1. The van der Waals surface area contributed by atoms with Crippen LogP contribution in [0.25, 0.3) is 0 Å². The smallest absolute Gasteiger partial charge is 0.260 e. The van der Waals surface area contributed by atoms with Crippen molar-refractivity contribution in [1.29, 1.82) is 5.26 Å². The van der Waals surface area contributed by atoms with Crippen LogP contribution in [0.3, 0.4) is 0 Å². The Labute approximate surface area is 173 Å². The molecule has 2 aromatic rings. The summed E-state index contributed by atoms with van der Waals surface area (Å²) in [6.07, 6.45) is 0. The van der Waals surface area contributed by atoms with Crippen molar-refractivity contribution in [1.82, 2.24) is 4.90 Å². The molecular formula is C21H23BrN2O4. The van der Waals surface area contributed by atoms with Crippen LogP contribution in [0.15, 0.2) is 40.9 Å². The Hall–Kier alpha value is -2.72. The van der Waals surface area contributed by atoms with E-state index in [1.165, 1.54) is 0 Å². The third-order valence-corrected chi connectivity index (χ3v) is 4.93. The molecule has 0 N–H and O–H groups in total. The fourth-order valence-electron chi connectivity index (χ4n) is 2.71. The van der Waals surface area contributed by atoms with Gasteiger partial charge in [-0.15, -0.1) is 0 Å². The number of rotatable bonds is 8. The normalized spacial score (nSPS) is 11.3. The van der Waals surface area contributed by atoms with Crippen molar-refractivity contribution < 1.29 is 19.0 Å². The molecule has 148 valence electrons. The lowest BCUT2D eigenvalue weighted by atomic mass is 10.1. The second-order valence-electron chi connectivity index (χ2n) is 6.04. The van der Waals surface area contributed by atoms with E-state index in [2.05, 4.69) is 22.0 Å². The predicted molar refractivity (Wildman–Crippen MR) is 110 cm³/mol. The molecule has 1 unspecified atom stereocenters. The fourth-order valence-corrected chi connectivity index (χ4v) is 3.26. The quantitative estimate of drug-likeness (QED) is 0.603. The minimum absolute atomic E-state index is 0.166. The van der Waals surface area contributed by atoms with E-state index in [0.29, 0.717) is 28.1 Å². The third kappa shape index (κ3) is 4.96. The van der Waals surface area contributed by atoms with Gasteiger partial charge in [0.05, 0.1) is 35.9 Å². The molecule has 2 rings (SSSR count). The monoisotopic (exact) mass is 446 g/mol. The number of carbonyl (C=O) groups is 1. The molecule has 7 heteroatoms. The van der Waals surface area contributed by atoms with Crippen LogP contribution in [0.1, 0.15) is 31.0 Å². The number of likely N-dealkylation sites (N-methyl/N-ethyl adjacent to an activating group) is 1. The average Bonchev–Trinajstić information content (AvgIpc) is 2.71. The third-order valence-electron chi connectivity index (χ3n) is 4.34. The Bertz CT molecular complexity index is 879. The summed E-state index contributed by atoms with van der Waals surface area (Å²) in [6.45, 7) is 4.01. The number of nitrogens with zero attached hydrogens (tertiary/aromatic N) is 2. The van der Waals surface area contributed by atoms with Gasteiger partial charge in [0.15, 0.2) is 18.1 Å². The summed E-state index contributed by atoms with van der Waals surface area (Å²) in [5, 5.41) is 9.11. The molecule has 0 bridgehead atoms. The average molecular weight is 447 g/mol. The van der Waals surface area contributed by atoms with Crippen LogP contribution in [0.4, 0.5) is 0 Å². The summed E-state index contributed by atoms with van der Waals surface area (Å²) >= 11 is 3.38. The molecule has 1 atom stereocenters. The van der Waals surface area contributed by atoms with Crippen molar-refractivity contribution in [3.8, 4) is 23.3 Å². The van der Waals surface area contributed by atoms with E-state index in [9.17, 15) is 4.79 Å². The fraction of sp³-hybridized carbons (Fsp3) is 0.333. The zero-order valence-electron chi connectivity index (χ0n) is 16.4. The van der Waals surface area contributed by atoms with Crippen LogP contribution in [-0.4, -0.2) is 38.2 Å². The molecule has 0 aliphatic heterocycles. The first-order valence-corrected chi connectivity index (χ1v) is 9.60. The van der Waals surface area contributed by atoms with Gasteiger partial charge in [-0.3, -0.25) is 4.79 Å². The molecule has 0 saturated carbocycles. The lowest BCUT2D eigenvalue weighted by Crippen LogP contribution is -2.33. The number of nitriles is 1. The van der Waals surface area contributed by atoms with Gasteiger partial charge >= 0.3 is 0 Å². The Morgan fingerprint density at radius 1 is 1.25 bits per heavy atom. The lowest BCUT2D eigenvalue weighted by Gasteiger charge is -2.26. The second-order valence-corrected chi connectivity index (χ2v) is 6.90. The Kier molecular flexibility index (Phi) is 7.70. The van der Waals surface area contributed by atoms with E-state index >= 15 is 0 Å². The number of amides is 1. The van der Waals surface area contributed by atoms with Crippen molar-refractivity contribution >= 4 is 21.8 Å². The number of ether oxygens (including phenoxy) is 3. The Morgan fingerprint density at radius 3 is 2.61 bits per heavy atom. The van der Waals surface area contributed by atoms with E-state index in [1.54, 1.807) is 31.2 Å². The zero-order valence-corrected chi connectivity index (χ0v) is 17.9. The molecule has 6 nitrogen and oxygen atoms in total. The van der Waals surface area contributed by atoms with Crippen molar-refractivity contribution in [2.24, 2.45) is 0 Å². The van der Waals surface area contributed by atoms with Gasteiger partial charge in [-0.25, -0.2) is 0 Å². The molecule has 0 heterocycles. The van der Waals surface area contributed by atoms with E-state index in [1.807, 2.05) is 38.1 Å². The number of hydrogen-bond acceptors (Lipinski definition) is 5. The lowest BCUT2D eigenvalue weighted by molar-refractivity contribution is -0.134. The number of halogens is 1. The number of benzene rings is 2. The SMILES string of the molecule is CCOc1cc(C#N)cc(Br)c1OCC(=O)N(C)C(C)c1ccccc1OC. The van der Waals surface area contributed by atoms with Gasteiger partial charge < -0.3 is 19.1 Å². The van der Waals surface area contributed by atoms with Gasteiger partial charge in [0.25, 0.3) is 5.91 Å². The number of hydrogen-bond donors (Lipinski definition) is 0. The van der Waals surface area contributed by atoms with Crippen molar-refractivity contribution in [2.75, 3.05) is 27.4 Å². The highest BCUT2D eigenvalue weighted by Gasteiger charge is 2.22. The van der Waals surface area contributed by atoms with E-state index in [4.69, 9.17) is 19.5 Å². The molecule has 28 heavy (non-hydrogen) atoms. The second kappa shape index (κ2) is 10.00. The standard InChI is InChI=1S/C21H23BrN2O4/c1-5-27-19-11-15(12-23)10-17(22)21(19)28-13-20(25)24(3)14(2)16-8-6-7-9-18(16)26-4/h6-11,14H,5,13H2,1-4H3. The summed E-state index contributed by atoms with van der Waals surface area (Å²) in [6, 6.07) is 12.7. The van der Waals surface area contributed by atoms with Gasteiger partial charge in [0.2, 0.25) is 0 Å². The molecule has 0 radical (unpaired) electrons. The van der Waals surface area contributed by atoms with Crippen LogP contribution in [0.5, 0.6) is 17.2 Å². The van der Waals surface area contributed by atoms with Crippen LogP contribution in [-0.2, 0) is 4.79 Å². The Balaban J connectivity index is 2.14. The van der Waals surface area contributed by atoms with Crippen LogP contribution < -0.4 is 14.2 Å². The highest BCUT2D eigenvalue weighted by Crippen LogP contribution is 2.37. The summed E-state index contributed by atoms with van der Waals surface area (Å²) in [4.78, 5) is 14.3. The minimum atomic E-state index is -0.197. The summed E-state index contributed by atoms with van der Waals surface area (Å²) in [5.74, 6) is 1.34. The van der Waals surface area contributed by atoms with Crippen molar-refractivity contribution in [3.05, 3.63) is 52.0 Å². The van der Waals surface area contributed by atoms with Crippen molar-refractivity contribution in [3.63, 3.8) is 0 Å². The molecule has 1 amide bonds. The first-order valence-electron chi connectivity index (χ1n) is 8.80. The largest absolute Gasteiger partial charge is 0.496 e. The number of para-hydroxylation sites is 1. The van der Waals surface area contributed by atoms with Gasteiger partial charge in [-0.05, 0) is 41.9 Å². The Morgan fingerprint density at radius 2 is 1.96 bits per heavy atom.